The van der Waals surface area contributed by atoms with E-state index in [1.54, 1.807) is 14.2 Å². The Hall–Kier alpha value is -1.84. The number of rotatable bonds is 8. The molecule has 0 amide bonds. The summed E-state index contributed by atoms with van der Waals surface area (Å²) in [5.41, 5.74) is 3.81. The van der Waals surface area contributed by atoms with Crippen LogP contribution in [0.15, 0.2) is 53.5 Å². The quantitative estimate of drug-likeness (QED) is 0.308. The molecule has 1 aliphatic rings. The van der Waals surface area contributed by atoms with Crippen molar-refractivity contribution in [3.63, 3.8) is 0 Å². The second-order valence-electron chi connectivity index (χ2n) is 7.57. The van der Waals surface area contributed by atoms with Crippen molar-refractivity contribution in [1.82, 2.24) is 20.4 Å². The van der Waals surface area contributed by atoms with Crippen molar-refractivity contribution >= 4 is 29.9 Å². The van der Waals surface area contributed by atoms with Gasteiger partial charge in [0.05, 0.1) is 7.11 Å². The lowest BCUT2D eigenvalue weighted by molar-refractivity contribution is 0.131. The number of nitrogens with one attached hydrogen (secondary N) is 2. The number of ether oxygens (including phenoxy) is 1. The first-order valence-electron chi connectivity index (χ1n) is 10.8. The number of halogens is 1. The van der Waals surface area contributed by atoms with Gasteiger partial charge in [-0.2, -0.15) is 0 Å². The van der Waals surface area contributed by atoms with E-state index >= 15 is 0 Å². The van der Waals surface area contributed by atoms with E-state index in [2.05, 4.69) is 62.7 Å². The molecule has 6 nitrogen and oxygen atoms in total. The van der Waals surface area contributed by atoms with Crippen LogP contribution in [-0.2, 0) is 19.6 Å². The number of para-hydroxylation sites is 1. The molecule has 1 heterocycles. The summed E-state index contributed by atoms with van der Waals surface area (Å²) in [7, 11) is 3.50. The number of hydrogen-bond acceptors (Lipinski definition) is 4. The molecule has 170 valence electrons. The maximum atomic E-state index is 5.43. The van der Waals surface area contributed by atoms with Gasteiger partial charge in [-0.3, -0.25) is 9.89 Å². The molecule has 31 heavy (non-hydrogen) atoms. The van der Waals surface area contributed by atoms with Gasteiger partial charge in [-0.05, 0) is 23.7 Å². The summed E-state index contributed by atoms with van der Waals surface area (Å²) in [5.74, 6) is 1.67. The van der Waals surface area contributed by atoms with Crippen molar-refractivity contribution in [1.29, 1.82) is 0 Å². The minimum absolute atomic E-state index is 0. The third-order valence-electron chi connectivity index (χ3n) is 5.73. The molecule has 0 aromatic heterocycles. The van der Waals surface area contributed by atoms with Gasteiger partial charge in [0.25, 0.3) is 0 Å². The molecule has 0 unspecified atom stereocenters. The van der Waals surface area contributed by atoms with Crippen molar-refractivity contribution in [2.24, 2.45) is 4.99 Å². The molecule has 0 radical (unpaired) electrons. The highest BCUT2D eigenvalue weighted by Crippen LogP contribution is 2.17. The lowest BCUT2D eigenvalue weighted by atomic mass is 10.1. The molecule has 1 saturated heterocycles. The lowest BCUT2D eigenvalue weighted by Gasteiger charge is -2.34. The number of benzene rings is 2. The monoisotopic (exact) mass is 537 g/mol. The zero-order valence-electron chi connectivity index (χ0n) is 18.9. The fourth-order valence-electron chi connectivity index (χ4n) is 3.82. The van der Waals surface area contributed by atoms with Crippen LogP contribution in [0.1, 0.15) is 23.6 Å². The Morgan fingerprint density at radius 2 is 1.42 bits per heavy atom. The minimum atomic E-state index is 0. The molecule has 0 saturated carbocycles. The molecule has 1 fully saturated rings. The summed E-state index contributed by atoms with van der Waals surface area (Å²) in [6.45, 7) is 10.4. The van der Waals surface area contributed by atoms with Crippen LogP contribution in [0.25, 0.3) is 0 Å². The van der Waals surface area contributed by atoms with Gasteiger partial charge in [0.2, 0.25) is 0 Å². The van der Waals surface area contributed by atoms with Crippen molar-refractivity contribution in [2.45, 2.75) is 26.6 Å². The van der Waals surface area contributed by atoms with E-state index in [0.717, 1.165) is 63.1 Å². The van der Waals surface area contributed by atoms with Crippen LogP contribution in [0, 0.1) is 0 Å². The number of methoxy groups -OCH3 is 1. The molecule has 2 N–H and O–H groups in total. The maximum Gasteiger partial charge on any atom is 0.191 e. The highest BCUT2D eigenvalue weighted by Gasteiger charge is 2.16. The maximum absolute atomic E-state index is 5.43. The van der Waals surface area contributed by atoms with Gasteiger partial charge < -0.3 is 20.3 Å². The van der Waals surface area contributed by atoms with Crippen molar-refractivity contribution in [2.75, 3.05) is 46.9 Å². The Morgan fingerprint density at radius 3 is 2.03 bits per heavy atom. The van der Waals surface area contributed by atoms with E-state index in [9.17, 15) is 0 Å². The Labute approximate surface area is 204 Å². The number of guanidine groups is 1. The Kier molecular flexibility index (Phi) is 11.1. The van der Waals surface area contributed by atoms with Crippen LogP contribution in [0.3, 0.4) is 0 Å². The Morgan fingerprint density at radius 1 is 0.871 bits per heavy atom. The van der Waals surface area contributed by atoms with Gasteiger partial charge in [-0.25, -0.2) is 0 Å². The average molecular weight is 537 g/mol. The fourth-order valence-corrected chi connectivity index (χ4v) is 3.82. The van der Waals surface area contributed by atoms with E-state index in [-0.39, 0.29) is 24.0 Å². The van der Waals surface area contributed by atoms with Gasteiger partial charge in [0.1, 0.15) is 5.75 Å². The molecule has 0 aliphatic carbocycles. The van der Waals surface area contributed by atoms with Crippen LogP contribution in [0.4, 0.5) is 0 Å². The lowest BCUT2D eigenvalue weighted by Crippen LogP contribution is -2.45. The molecule has 2 aromatic carbocycles. The summed E-state index contributed by atoms with van der Waals surface area (Å²) >= 11 is 0. The van der Waals surface area contributed by atoms with Gasteiger partial charge >= 0.3 is 0 Å². The normalized spacial score (nSPS) is 15.3. The van der Waals surface area contributed by atoms with Gasteiger partial charge in [0, 0.05) is 58.4 Å². The number of nitrogens with zero attached hydrogens (tertiary/aromatic N) is 3. The van der Waals surface area contributed by atoms with Gasteiger partial charge in [0.15, 0.2) is 5.96 Å². The number of aliphatic imine (C=N–C) groups is 1. The van der Waals surface area contributed by atoms with Gasteiger partial charge in [-0.15, -0.1) is 24.0 Å². The fraction of sp³-hybridized carbons (Fsp3) is 0.458. The second kappa shape index (κ2) is 13.5. The number of likely N-dealkylation sites (N-methyl/N-ethyl adjacent to an activating group) is 1. The van der Waals surface area contributed by atoms with E-state index in [1.807, 2.05) is 18.2 Å². The van der Waals surface area contributed by atoms with Crippen LogP contribution in [0.2, 0.25) is 0 Å². The molecule has 1 aliphatic heterocycles. The molecule has 0 atom stereocenters. The summed E-state index contributed by atoms with van der Waals surface area (Å²) in [5, 5.41) is 6.84. The van der Waals surface area contributed by atoms with E-state index in [0.29, 0.717) is 6.54 Å². The summed E-state index contributed by atoms with van der Waals surface area (Å²) < 4.78 is 5.43. The van der Waals surface area contributed by atoms with Crippen LogP contribution < -0.4 is 15.4 Å². The molecule has 0 bridgehead atoms. The largest absolute Gasteiger partial charge is 0.496 e. The zero-order chi connectivity index (χ0) is 21.2. The van der Waals surface area contributed by atoms with Crippen LogP contribution >= 0.6 is 24.0 Å². The molecule has 3 rings (SSSR count). The highest BCUT2D eigenvalue weighted by molar-refractivity contribution is 14.0. The average Bonchev–Trinajstić information content (AvgIpc) is 2.81. The van der Waals surface area contributed by atoms with Crippen LogP contribution in [-0.4, -0.2) is 62.6 Å². The van der Waals surface area contributed by atoms with E-state index < -0.39 is 0 Å². The standard InChI is InChI=1S/C24H35N5O.HI/c1-4-28-13-15-29(16-14-28)19-22-11-6-5-9-20(22)17-26-24(25-2)27-18-21-10-7-8-12-23(21)30-3;/h5-12H,4,13-19H2,1-3H3,(H2,25,26,27);1H. The summed E-state index contributed by atoms with van der Waals surface area (Å²) in [6, 6.07) is 16.7. The number of piperazine rings is 1. The first-order valence-corrected chi connectivity index (χ1v) is 10.8. The Bertz CT molecular complexity index is 821. The summed E-state index contributed by atoms with van der Waals surface area (Å²) in [6.07, 6.45) is 0. The predicted octanol–water partition coefficient (Wildman–Crippen LogP) is 3.32. The predicted molar refractivity (Wildman–Crippen MR) is 139 cm³/mol. The first kappa shape index (κ1) is 25.4. The van der Waals surface area contributed by atoms with E-state index in [4.69, 9.17) is 4.74 Å². The second-order valence-corrected chi connectivity index (χ2v) is 7.57. The topological polar surface area (TPSA) is 52.1 Å². The van der Waals surface area contributed by atoms with Gasteiger partial charge in [-0.1, -0.05) is 49.4 Å². The minimum Gasteiger partial charge on any atom is -0.496 e. The number of hydrogen-bond donors (Lipinski definition) is 2. The van der Waals surface area contributed by atoms with Crippen LogP contribution in [0.5, 0.6) is 5.75 Å². The first-order chi connectivity index (χ1) is 14.7. The third-order valence-corrected chi connectivity index (χ3v) is 5.73. The third kappa shape index (κ3) is 7.66. The zero-order valence-corrected chi connectivity index (χ0v) is 21.3. The Balaban J connectivity index is 0.00000341. The summed E-state index contributed by atoms with van der Waals surface area (Å²) in [4.78, 5) is 9.44. The molecule has 7 heteroatoms. The molecular weight excluding hydrogens is 501 g/mol. The van der Waals surface area contributed by atoms with Crippen molar-refractivity contribution < 1.29 is 4.74 Å². The van der Waals surface area contributed by atoms with Crippen molar-refractivity contribution in [3.8, 4) is 5.75 Å². The SMILES string of the molecule is CCN1CCN(Cc2ccccc2CNC(=NC)NCc2ccccc2OC)CC1.I. The molecule has 2 aromatic rings. The molecular formula is C24H36IN5O. The molecule has 0 spiro atoms. The van der Waals surface area contributed by atoms with E-state index in [1.165, 1.54) is 11.1 Å². The highest BCUT2D eigenvalue weighted by atomic mass is 127. The smallest absolute Gasteiger partial charge is 0.191 e. The van der Waals surface area contributed by atoms with Crippen molar-refractivity contribution in [3.05, 3.63) is 65.2 Å².